The number of halogens is 3. The van der Waals surface area contributed by atoms with Crippen molar-refractivity contribution in [1.82, 2.24) is 15.2 Å². The van der Waals surface area contributed by atoms with Crippen LogP contribution in [0.4, 0.5) is 13.2 Å². The van der Waals surface area contributed by atoms with Gasteiger partial charge in [0.1, 0.15) is 5.75 Å². The summed E-state index contributed by atoms with van der Waals surface area (Å²) in [6.07, 6.45) is -3.70. The first kappa shape index (κ1) is 16.6. The minimum absolute atomic E-state index is 0.252. The Balaban J connectivity index is 1.50. The zero-order chi connectivity index (χ0) is 18.3. The number of aromatic amines is 1. The molecule has 0 aliphatic heterocycles. The lowest BCUT2D eigenvalue weighted by Gasteiger charge is -2.08. The van der Waals surface area contributed by atoms with Gasteiger partial charge in [0, 0.05) is 23.1 Å². The number of nitrogens with one attached hydrogen (secondary N) is 1. The van der Waals surface area contributed by atoms with Gasteiger partial charge in [0.25, 0.3) is 0 Å². The molecule has 5 nitrogen and oxygen atoms in total. The highest BCUT2D eigenvalue weighted by molar-refractivity contribution is 5.62. The summed E-state index contributed by atoms with van der Waals surface area (Å²) in [7, 11) is 0. The molecule has 2 atom stereocenters. The van der Waals surface area contributed by atoms with E-state index in [4.69, 9.17) is 5.73 Å². The zero-order valence-electron chi connectivity index (χ0n) is 13.5. The molecule has 0 bridgehead atoms. The average molecular weight is 360 g/mol. The van der Waals surface area contributed by atoms with Crippen LogP contribution in [0.3, 0.4) is 0 Å². The molecule has 1 heterocycles. The molecule has 1 aliphatic carbocycles. The van der Waals surface area contributed by atoms with Crippen molar-refractivity contribution in [2.24, 2.45) is 5.73 Å². The minimum Gasteiger partial charge on any atom is -0.406 e. The van der Waals surface area contributed by atoms with Crippen LogP contribution in [0.25, 0.3) is 22.8 Å². The number of hydrogen-bond donors (Lipinski definition) is 2. The number of nitrogens with two attached hydrogens (primary N) is 1. The highest BCUT2D eigenvalue weighted by Gasteiger charge is 2.34. The number of nitrogens with zero attached hydrogens (tertiary/aromatic N) is 2. The zero-order valence-corrected chi connectivity index (χ0v) is 13.5. The summed E-state index contributed by atoms with van der Waals surface area (Å²) >= 11 is 0. The lowest BCUT2D eigenvalue weighted by molar-refractivity contribution is -0.274. The van der Waals surface area contributed by atoms with Crippen LogP contribution in [-0.2, 0) is 0 Å². The number of ether oxygens (including phenoxy) is 1. The van der Waals surface area contributed by atoms with Crippen molar-refractivity contribution in [3.05, 3.63) is 54.1 Å². The summed E-state index contributed by atoms with van der Waals surface area (Å²) in [5, 5.41) is 6.98. The molecule has 2 aromatic carbocycles. The van der Waals surface area contributed by atoms with Crippen LogP contribution >= 0.6 is 0 Å². The van der Waals surface area contributed by atoms with Crippen molar-refractivity contribution in [1.29, 1.82) is 0 Å². The Bertz CT molecular complexity index is 903. The molecule has 0 radical (unpaired) electrons. The second kappa shape index (κ2) is 6.14. The number of hydrogen-bond acceptors (Lipinski definition) is 4. The molecular formula is C18H15F3N4O. The van der Waals surface area contributed by atoms with Gasteiger partial charge in [0.2, 0.25) is 0 Å². The number of H-pyrrole nitrogens is 1. The lowest BCUT2D eigenvalue weighted by Crippen LogP contribution is -2.16. The van der Waals surface area contributed by atoms with Gasteiger partial charge in [0.15, 0.2) is 11.6 Å². The highest BCUT2D eigenvalue weighted by Crippen LogP contribution is 2.39. The maximum atomic E-state index is 12.2. The maximum Gasteiger partial charge on any atom is 0.573 e. The Morgan fingerprint density at radius 1 is 1.00 bits per heavy atom. The minimum atomic E-state index is -4.71. The molecule has 1 fully saturated rings. The molecule has 8 heteroatoms. The van der Waals surface area contributed by atoms with E-state index in [1.165, 1.54) is 29.8 Å². The fourth-order valence-electron chi connectivity index (χ4n) is 2.81. The molecule has 3 N–H and O–H groups in total. The highest BCUT2D eigenvalue weighted by atomic mass is 19.4. The van der Waals surface area contributed by atoms with Crippen LogP contribution in [0.5, 0.6) is 5.75 Å². The molecule has 1 aromatic heterocycles. The van der Waals surface area contributed by atoms with E-state index in [2.05, 4.69) is 19.9 Å². The third-order valence-electron chi connectivity index (χ3n) is 4.28. The van der Waals surface area contributed by atoms with Gasteiger partial charge >= 0.3 is 6.36 Å². The molecule has 2 unspecified atom stereocenters. The quantitative estimate of drug-likeness (QED) is 0.741. The maximum absolute atomic E-state index is 12.2. The summed E-state index contributed by atoms with van der Waals surface area (Å²) < 4.78 is 40.5. The summed E-state index contributed by atoms with van der Waals surface area (Å²) in [5.74, 6) is 1.13. The van der Waals surface area contributed by atoms with Gasteiger partial charge in [-0.1, -0.05) is 24.3 Å². The fraction of sp³-hybridized carbons (Fsp3) is 0.222. The molecule has 0 saturated heterocycles. The topological polar surface area (TPSA) is 76.8 Å². The summed E-state index contributed by atoms with van der Waals surface area (Å²) in [6, 6.07) is 13.6. The Kier molecular flexibility index (Phi) is 3.91. The summed E-state index contributed by atoms with van der Waals surface area (Å²) in [4.78, 5) is 4.41. The average Bonchev–Trinajstić information content (AvgIpc) is 3.13. The van der Waals surface area contributed by atoms with Crippen LogP contribution in [0.15, 0.2) is 48.5 Å². The molecule has 1 saturated carbocycles. The van der Waals surface area contributed by atoms with E-state index in [0.717, 1.165) is 12.0 Å². The van der Waals surface area contributed by atoms with Crippen LogP contribution in [0, 0.1) is 0 Å². The second-order valence-electron chi connectivity index (χ2n) is 6.21. The van der Waals surface area contributed by atoms with Crippen LogP contribution in [-0.4, -0.2) is 27.6 Å². The Hall–Kier alpha value is -2.87. The van der Waals surface area contributed by atoms with Gasteiger partial charge in [-0.05, 0) is 36.2 Å². The SMILES string of the molecule is NC1CC1c1ccc(-c2nc(-c3ccc(OC(F)(F)F)cc3)n[nH]2)cc1. The third kappa shape index (κ3) is 3.55. The van der Waals surface area contributed by atoms with Crippen molar-refractivity contribution in [3.8, 4) is 28.5 Å². The number of rotatable bonds is 4. The summed E-state index contributed by atoms with van der Waals surface area (Å²) in [6.45, 7) is 0. The standard InChI is InChI=1S/C18H15F3N4O/c19-18(20,21)26-13-7-5-12(6-8-13)17-23-16(24-25-17)11-3-1-10(2-4-11)14-9-15(14)22/h1-8,14-15H,9,22H2,(H,23,24,25). The first-order valence-electron chi connectivity index (χ1n) is 8.03. The van der Waals surface area contributed by atoms with E-state index in [1.807, 2.05) is 24.3 Å². The van der Waals surface area contributed by atoms with Crippen LogP contribution in [0.1, 0.15) is 17.9 Å². The number of benzene rings is 2. The summed E-state index contributed by atoms with van der Waals surface area (Å²) in [5.41, 5.74) is 8.53. The second-order valence-corrected chi connectivity index (χ2v) is 6.21. The van der Waals surface area contributed by atoms with Crippen molar-refractivity contribution in [3.63, 3.8) is 0 Å². The number of alkyl halides is 3. The molecule has 134 valence electrons. The van der Waals surface area contributed by atoms with Crippen molar-refractivity contribution in [2.45, 2.75) is 24.7 Å². The number of aromatic nitrogens is 3. The van der Waals surface area contributed by atoms with E-state index in [9.17, 15) is 13.2 Å². The van der Waals surface area contributed by atoms with E-state index in [0.29, 0.717) is 23.1 Å². The fourth-order valence-corrected chi connectivity index (χ4v) is 2.81. The molecule has 4 rings (SSSR count). The predicted molar refractivity (Wildman–Crippen MR) is 89.3 cm³/mol. The van der Waals surface area contributed by atoms with E-state index < -0.39 is 6.36 Å². The van der Waals surface area contributed by atoms with Crippen molar-refractivity contribution < 1.29 is 17.9 Å². The van der Waals surface area contributed by atoms with Gasteiger partial charge in [-0.2, -0.15) is 5.10 Å². The predicted octanol–water partition coefficient (Wildman–Crippen LogP) is 3.85. The lowest BCUT2D eigenvalue weighted by atomic mass is 10.1. The Morgan fingerprint density at radius 3 is 2.19 bits per heavy atom. The van der Waals surface area contributed by atoms with Crippen LogP contribution in [0.2, 0.25) is 0 Å². The van der Waals surface area contributed by atoms with E-state index in [1.54, 1.807) is 0 Å². The van der Waals surface area contributed by atoms with Gasteiger partial charge in [-0.3, -0.25) is 5.10 Å². The van der Waals surface area contributed by atoms with E-state index in [-0.39, 0.29) is 11.8 Å². The molecule has 0 amide bonds. The largest absolute Gasteiger partial charge is 0.573 e. The first-order chi connectivity index (χ1) is 12.4. The van der Waals surface area contributed by atoms with Crippen LogP contribution < -0.4 is 10.5 Å². The third-order valence-corrected chi connectivity index (χ3v) is 4.28. The van der Waals surface area contributed by atoms with Crippen molar-refractivity contribution >= 4 is 0 Å². The molecule has 3 aromatic rings. The van der Waals surface area contributed by atoms with E-state index >= 15 is 0 Å². The first-order valence-corrected chi connectivity index (χ1v) is 8.03. The Labute approximate surface area is 147 Å². The molecule has 26 heavy (non-hydrogen) atoms. The van der Waals surface area contributed by atoms with Gasteiger partial charge in [-0.15, -0.1) is 13.2 Å². The smallest absolute Gasteiger partial charge is 0.406 e. The van der Waals surface area contributed by atoms with Gasteiger partial charge < -0.3 is 10.5 Å². The van der Waals surface area contributed by atoms with Gasteiger partial charge in [0.05, 0.1) is 0 Å². The Morgan fingerprint density at radius 2 is 1.62 bits per heavy atom. The van der Waals surface area contributed by atoms with Crippen molar-refractivity contribution in [2.75, 3.05) is 0 Å². The van der Waals surface area contributed by atoms with Gasteiger partial charge in [-0.25, -0.2) is 4.98 Å². The molecule has 1 aliphatic rings. The normalized spacial score (nSPS) is 19.4. The monoisotopic (exact) mass is 360 g/mol. The molecular weight excluding hydrogens is 345 g/mol. The molecule has 0 spiro atoms.